The minimum absolute atomic E-state index is 0.00951. The molecular formula is C33H33F6N5O2. The van der Waals surface area contributed by atoms with Gasteiger partial charge in [0, 0.05) is 61.4 Å². The molecule has 1 aliphatic rings. The topological polar surface area (TPSA) is 80.5 Å². The van der Waals surface area contributed by atoms with E-state index in [4.69, 9.17) is 0 Å². The smallest absolute Gasteiger partial charge is 0.369 e. The van der Waals surface area contributed by atoms with Crippen molar-refractivity contribution in [2.24, 2.45) is 0 Å². The number of halogens is 6. The number of nitrogens with zero attached hydrogens (tertiary/aromatic N) is 2. The van der Waals surface area contributed by atoms with Gasteiger partial charge in [0.2, 0.25) is 11.8 Å². The first-order valence-corrected chi connectivity index (χ1v) is 14.7. The van der Waals surface area contributed by atoms with Crippen molar-refractivity contribution in [2.75, 3.05) is 37.6 Å². The van der Waals surface area contributed by atoms with Crippen molar-refractivity contribution in [3.63, 3.8) is 0 Å². The lowest BCUT2D eigenvalue weighted by Crippen LogP contribution is -2.54. The van der Waals surface area contributed by atoms with Gasteiger partial charge in [0.05, 0.1) is 17.7 Å². The number of hydrogen-bond donors (Lipinski definition) is 3. The van der Waals surface area contributed by atoms with Crippen LogP contribution in [0.5, 0.6) is 0 Å². The van der Waals surface area contributed by atoms with Crippen LogP contribution in [-0.4, -0.2) is 60.5 Å². The monoisotopic (exact) mass is 645 g/mol. The van der Waals surface area contributed by atoms with Gasteiger partial charge in [0.15, 0.2) is 0 Å². The molecule has 244 valence electrons. The fourth-order valence-electron chi connectivity index (χ4n) is 5.71. The molecule has 4 aromatic rings. The summed E-state index contributed by atoms with van der Waals surface area (Å²) in [6.07, 6.45) is -8.33. The summed E-state index contributed by atoms with van der Waals surface area (Å²) in [6.45, 7) is 3.73. The van der Waals surface area contributed by atoms with Crippen LogP contribution in [0.25, 0.3) is 10.9 Å². The van der Waals surface area contributed by atoms with Crippen LogP contribution in [0.1, 0.15) is 35.1 Å². The Bertz CT molecular complexity index is 1630. The van der Waals surface area contributed by atoms with Gasteiger partial charge in [-0.25, -0.2) is 0 Å². The number of nitrogens with one attached hydrogen (secondary N) is 3. The zero-order valence-corrected chi connectivity index (χ0v) is 24.9. The lowest BCUT2D eigenvalue weighted by molar-refractivity contribution is -0.143. The van der Waals surface area contributed by atoms with Crippen LogP contribution in [0.15, 0.2) is 79.0 Å². The number of carbonyl (C=O) groups is 2. The van der Waals surface area contributed by atoms with Crippen LogP contribution in [0.3, 0.4) is 0 Å². The summed E-state index contributed by atoms with van der Waals surface area (Å²) in [5.41, 5.74) is -0.733. The van der Waals surface area contributed by atoms with Crippen molar-refractivity contribution in [3.05, 3.63) is 101 Å². The third kappa shape index (κ3) is 7.82. The highest BCUT2D eigenvalue weighted by atomic mass is 19.4. The Morgan fingerprint density at radius 3 is 2.09 bits per heavy atom. The second-order valence-corrected chi connectivity index (χ2v) is 11.4. The fraction of sp³-hybridized carbons (Fsp3) is 0.333. The molecule has 7 nitrogen and oxygen atoms in total. The Hall–Kier alpha value is -4.52. The Kier molecular flexibility index (Phi) is 9.61. The van der Waals surface area contributed by atoms with Crippen molar-refractivity contribution in [3.8, 4) is 0 Å². The van der Waals surface area contributed by atoms with E-state index in [0.29, 0.717) is 43.9 Å². The molecule has 0 radical (unpaired) electrons. The molecule has 0 bridgehead atoms. The molecule has 46 heavy (non-hydrogen) atoms. The van der Waals surface area contributed by atoms with E-state index in [1.807, 2.05) is 59.5 Å². The van der Waals surface area contributed by atoms with Crippen LogP contribution < -0.4 is 15.5 Å². The maximum atomic E-state index is 13.6. The minimum Gasteiger partial charge on any atom is -0.369 e. The second-order valence-electron chi connectivity index (χ2n) is 11.4. The zero-order chi connectivity index (χ0) is 33.1. The van der Waals surface area contributed by atoms with E-state index in [2.05, 4.69) is 20.5 Å². The number of para-hydroxylation sites is 2. The Morgan fingerprint density at radius 1 is 0.848 bits per heavy atom. The molecule has 2 amide bonds. The number of amides is 2. The number of alkyl halides is 6. The first-order valence-electron chi connectivity index (χ1n) is 14.7. The first kappa shape index (κ1) is 32.9. The summed E-state index contributed by atoms with van der Waals surface area (Å²) < 4.78 is 80.3. The van der Waals surface area contributed by atoms with E-state index in [1.165, 1.54) is 0 Å². The van der Waals surface area contributed by atoms with E-state index in [0.717, 1.165) is 16.6 Å². The van der Waals surface area contributed by atoms with Crippen LogP contribution in [0.4, 0.5) is 32.0 Å². The zero-order valence-electron chi connectivity index (χ0n) is 24.9. The molecule has 13 heteroatoms. The third-order valence-electron chi connectivity index (χ3n) is 8.19. The largest absolute Gasteiger partial charge is 0.416 e. The number of hydrogen-bond acceptors (Lipinski definition) is 4. The number of anilines is 1. The summed E-state index contributed by atoms with van der Waals surface area (Å²) in [4.78, 5) is 34.2. The number of aromatic amines is 1. The highest BCUT2D eigenvalue weighted by molar-refractivity contribution is 5.91. The number of rotatable bonds is 9. The Balaban J connectivity index is 1.32. The summed E-state index contributed by atoms with van der Waals surface area (Å²) in [6, 6.07) is 17.2. The van der Waals surface area contributed by atoms with Gasteiger partial charge in [-0.3, -0.25) is 14.5 Å². The van der Waals surface area contributed by atoms with Crippen molar-refractivity contribution in [1.82, 2.24) is 20.5 Å². The van der Waals surface area contributed by atoms with Crippen LogP contribution in [0.2, 0.25) is 0 Å². The molecule has 0 spiro atoms. The molecule has 2 unspecified atom stereocenters. The van der Waals surface area contributed by atoms with Crippen molar-refractivity contribution < 1.29 is 35.9 Å². The van der Waals surface area contributed by atoms with Crippen LogP contribution in [0, 0.1) is 0 Å². The lowest BCUT2D eigenvalue weighted by atomic mass is 9.92. The second kappa shape index (κ2) is 13.5. The molecule has 2 atom stereocenters. The van der Waals surface area contributed by atoms with E-state index in [-0.39, 0.29) is 18.2 Å². The lowest BCUT2D eigenvalue weighted by Gasteiger charge is -2.36. The van der Waals surface area contributed by atoms with Gasteiger partial charge < -0.3 is 20.5 Å². The molecule has 3 N–H and O–H groups in total. The highest BCUT2D eigenvalue weighted by Gasteiger charge is 2.37. The number of carbonyl (C=O) groups excluding carboxylic acids is 2. The molecule has 0 saturated carbocycles. The van der Waals surface area contributed by atoms with Crippen molar-refractivity contribution >= 4 is 28.4 Å². The van der Waals surface area contributed by atoms with Gasteiger partial charge in [0.1, 0.15) is 6.04 Å². The molecule has 1 aromatic heterocycles. The maximum absolute atomic E-state index is 13.6. The summed E-state index contributed by atoms with van der Waals surface area (Å²) in [5, 5.41) is 6.06. The quantitative estimate of drug-likeness (QED) is 0.197. The number of benzene rings is 3. The first-order chi connectivity index (χ1) is 21.8. The van der Waals surface area contributed by atoms with E-state index in [1.54, 1.807) is 13.1 Å². The number of fused-ring (bicyclic) bond motifs is 1. The SMILES string of the molecule is CC(c1c[nH]c2ccccc12)C(NC(=O)CN1CCN(c2ccccc2)CC1)C(=O)NCc1cc(C(F)(F)F)cc(C(F)(F)F)c1. The van der Waals surface area contributed by atoms with Crippen molar-refractivity contribution in [2.45, 2.75) is 37.8 Å². The molecule has 1 fully saturated rings. The summed E-state index contributed by atoms with van der Waals surface area (Å²) in [7, 11) is 0. The molecule has 5 rings (SSSR count). The maximum Gasteiger partial charge on any atom is 0.416 e. The number of piperazine rings is 1. The summed E-state index contributed by atoms with van der Waals surface area (Å²) >= 11 is 0. The molecule has 1 aliphatic heterocycles. The average molecular weight is 646 g/mol. The predicted octanol–water partition coefficient (Wildman–Crippen LogP) is 5.93. The van der Waals surface area contributed by atoms with Gasteiger partial charge in [0.25, 0.3) is 0 Å². The Morgan fingerprint density at radius 2 is 1.46 bits per heavy atom. The van der Waals surface area contributed by atoms with E-state index >= 15 is 0 Å². The van der Waals surface area contributed by atoms with Gasteiger partial charge >= 0.3 is 12.4 Å². The molecule has 2 heterocycles. The van der Waals surface area contributed by atoms with Gasteiger partial charge in [-0.1, -0.05) is 43.3 Å². The fourth-order valence-corrected chi connectivity index (χ4v) is 5.71. The average Bonchev–Trinajstić information content (AvgIpc) is 3.46. The summed E-state index contributed by atoms with van der Waals surface area (Å²) in [5.74, 6) is -1.79. The van der Waals surface area contributed by atoms with E-state index < -0.39 is 53.8 Å². The van der Waals surface area contributed by atoms with Crippen molar-refractivity contribution in [1.29, 1.82) is 0 Å². The molecule has 1 saturated heterocycles. The molecule has 0 aliphatic carbocycles. The highest BCUT2D eigenvalue weighted by Crippen LogP contribution is 2.36. The standard InChI is InChI=1S/C33H33F6N5O2/c1-21(27-19-40-28-10-6-5-9-26(27)28)30(42-29(45)20-43-11-13-44(14-12-43)25-7-3-2-4-8-25)31(46)41-18-22-15-23(32(34,35)36)17-24(16-22)33(37,38)39/h2-10,15-17,19,21,30,40H,11-14,18,20H2,1H3,(H,41,46)(H,42,45). The predicted molar refractivity (Wildman–Crippen MR) is 162 cm³/mol. The van der Waals surface area contributed by atoms with E-state index in [9.17, 15) is 35.9 Å². The van der Waals surface area contributed by atoms with Crippen LogP contribution >= 0.6 is 0 Å². The third-order valence-corrected chi connectivity index (χ3v) is 8.19. The van der Waals surface area contributed by atoms with Gasteiger partial charge in [-0.2, -0.15) is 26.3 Å². The number of H-pyrrole nitrogens is 1. The molecular weight excluding hydrogens is 612 g/mol. The van der Waals surface area contributed by atoms with Crippen LogP contribution in [-0.2, 0) is 28.5 Å². The number of aromatic nitrogens is 1. The minimum atomic E-state index is -5.02. The van der Waals surface area contributed by atoms with Gasteiger partial charge in [-0.05, 0) is 47.5 Å². The Labute approximate surface area is 261 Å². The normalized spacial score (nSPS) is 15.8. The molecule has 3 aromatic carbocycles. The van der Waals surface area contributed by atoms with Gasteiger partial charge in [-0.15, -0.1) is 0 Å².